The number of hydrogen-bond acceptors (Lipinski definition) is 3. The molecule has 1 aromatic carbocycles. The van der Waals surface area contributed by atoms with Crippen molar-refractivity contribution in [2.24, 2.45) is 0 Å². The van der Waals surface area contributed by atoms with Gasteiger partial charge < -0.3 is 10.1 Å². The molecule has 1 N–H and O–H groups in total. The molecule has 1 heterocycles. The first kappa shape index (κ1) is 14.4. The standard InChI is InChI=1S/C12H10Br3NOS/c1-17-7-2-3-9(13)11(4-7)16-6-8-5-10(14)12(15)18-8/h2-5,16H,6H2,1H3. The minimum Gasteiger partial charge on any atom is -0.497 e. The van der Waals surface area contributed by atoms with Crippen LogP contribution in [0, 0.1) is 0 Å². The highest BCUT2D eigenvalue weighted by Crippen LogP contribution is 2.33. The van der Waals surface area contributed by atoms with Crippen molar-refractivity contribution in [3.8, 4) is 5.75 Å². The quantitative estimate of drug-likeness (QED) is 0.642. The summed E-state index contributed by atoms with van der Waals surface area (Å²) in [6.07, 6.45) is 0. The van der Waals surface area contributed by atoms with E-state index in [2.05, 4.69) is 59.2 Å². The van der Waals surface area contributed by atoms with E-state index in [0.29, 0.717) is 0 Å². The van der Waals surface area contributed by atoms with Gasteiger partial charge in [-0.05, 0) is 66.0 Å². The fourth-order valence-electron chi connectivity index (χ4n) is 1.43. The number of anilines is 1. The maximum atomic E-state index is 5.21. The molecule has 0 spiro atoms. The van der Waals surface area contributed by atoms with E-state index >= 15 is 0 Å². The van der Waals surface area contributed by atoms with E-state index < -0.39 is 0 Å². The second kappa shape index (κ2) is 6.41. The normalized spacial score (nSPS) is 10.4. The molecule has 0 aliphatic heterocycles. The lowest BCUT2D eigenvalue weighted by molar-refractivity contribution is 0.415. The first-order valence-electron chi connectivity index (χ1n) is 5.11. The molecule has 0 aliphatic carbocycles. The number of benzene rings is 1. The van der Waals surface area contributed by atoms with Crippen LogP contribution in [0.4, 0.5) is 5.69 Å². The molecule has 2 nitrogen and oxygen atoms in total. The van der Waals surface area contributed by atoms with Crippen molar-refractivity contribution in [3.05, 3.63) is 41.9 Å². The molecule has 0 saturated carbocycles. The van der Waals surface area contributed by atoms with E-state index in [4.69, 9.17) is 4.74 Å². The topological polar surface area (TPSA) is 21.3 Å². The van der Waals surface area contributed by atoms with Crippen molar-refractivity contribution in [2.45, 2.75) is 6.54 Å². The third kappa shape index (κ3) is 3.50. The van der Waals surface area contributed by atoms with Crippen LogP contribution in [0.15, 0.2) is 37.0 Å². The average Bonchev–Trinajstić information content (AvgIpc) is 2.68. The molecule has 0 unspecified atom stereocenters. The predicted octanol–water partition coefficient (Wildman–Crippen LogP) is 5.66. The number of hydrogen-bond donors (Lipinski definition) is 1. The fraction of sp³-hybridized carbons (Fsp3) is 0.167. The molecule has 6 heteroatoms. The highest BCUT2D eigenvalue weighted by molar-refractivity contribution is 9.13. The molecule has 2 aromatic rings. The van der Waals surface area contributed by atoms with E-state index in [9.17, 15) is 0 Å². The Labute approximate surface area is 135 Å². The van der Waals surface area contributed by atoms with Crippen molar-refractivity contribution < 1.29 is 4.74 Å². The summed E-state index contributed by atoms with van der Waals surface area (Å²) in [6.45, 7) is 0.778. The molecule has 18 heavy (non-hydrogen) atoms. The molecule has 0 amide bonds. The van der Waals surface area contributed by atoms with Gasteiger partial charge in [-0.25, -0.2) is 0 Å². The molecule has 0 bridgehead atoms. The predicted molar refractivity (Wildman–Crippen MR) is 87.7 cm³/mol. The third-order valence-corrected chi connectivity index (χ3v) is 6.27. The molecule has 0 radical (unpaired) electrons. The first-order valence-corrected chi connectivity index (χ1v) is 8.31. The Bertz CT molecular complexity index is 537. The van der Waals surface area contributed by atoms with Crippen LogP contribution in [0.2, 0.25) is 0 Å². The number of methoxy groups -OCH3 is 1. The number of thiophene rings is 1. The minimum atomic E-state index is 0.778. The fourth-order valence-corrected chi connectivity index (χ4v) is 3.93. The van der Waals surface area contributed by atoms with Gasteiger partial charge in [0.2, 0.25) is 0 Å². The zero-order valence-corrected chi connectivity index (χ0v) is 15.0. The highest BCUT2D eigenvalue weighted by Gasteiger charge is 2.06. The SMILES string of the molecule is COc1ccc(Br)c(NCc2cc(Br)c(Br)s2)c1. The number of halogens is 3. The summed E-state index contributed by atoms with van der Waals surface area (Å²) in [5.74, 6) is 0.842. The van der Waals surface area contributed by atoms with Crippen molar-refractivity contribution >= 4 is 64.8 Å². The molecule has 0 aliphatic rings. The van der Waals surface area contributed by atoms with Crippen molar-refractivity contribution in [2.75, 3.05) is 12.4 Å². The number of ether oxygens (including phenoxy) is 1. The molecular formula is C12H10Br3NOS. The Kier molecular flexibility index (Phi) is 5.12. The summed E-state index contributed by atoms with van der Waals surface area (Å²) >= 11 is 12.2. The molecule has 0 saturated heterocycles. The molecule has 0 atom stereocenters. The Hall–Kier alpha value is -0.0400. The van der Waals surface area contributed by atoms with Gasteiger partial charge in [-0.3, -0.25) is 0 Å². The Balaban J connectivity index is 2.10. The summed E-state index contributed by atoms with van der Waals surface area (Å²) in [5.41, 5.74) is 1.02. The van der Waals surface area contributed by atoms with E-state index in [1.54, 1.807) is 18.4 Å². The summed E-state index contributed by atoms with van der Waals surface area (Å²) in [5, 5.41) is 3.39. The second-order valence-corrected chi connectivity index (χ2v) is 7.70. The van der Waals surface area contributed by atoms with E-state index in [-0.39, 0.29) is 0 Å². The summed E-state index contributed by atoms with van der Waals surface area (Å²) in [7, 11) is 1.67. The zero-order chi connectivity index (χ0) is 13.1. The lowest BCUT2D eigenvalue weighted by Gasteiger charge is -2.09. The van der Waals surface area contributed by atoms with Crippen LogP contribution in [-0.2, 0) is 6.54 Å². The van der Waals surface area contributed by atoms with Crippen LogP contribution < -0.4 is 10.1 Å². The molecular weight excluding hydrogens is 446 g/mol. The molecule has 2 rings (SSSR count). The minimum absolute atomic E-state index is 0.778. The van der Waals surface area contributed by atoms with Crippen LogP contribution >= 0.6 is 59.1 Å². The van der Waals surface area contributed by atoms with E-state index in [1.165, 1.54) is 4.88 Å². The third-order valence-electron chi connectivity index (χ3n) is 2.32. The van der Waals surface area contributed by atoms with Crippen molar-refractivity contribution in [1.29, 1.82) is 0 Å². The second-order valence-electron chi connectivity index (χ2n) is 3.53. The van der Waals surface area contributed by atoms with Crippen molar-refractivity contribution in [1.82, 2.24) is 0 Å². The Morgan fingerprint density at radius 1 is 1.17 bits per heavy atom. The molecule has 1 aromatic heterocycles. The lowest BCUT2D eigenvalue weighted by Crippen LogP contribution is -1.98. The van der Waals surface area contributed by atoms with Crippen molar-refractivity contribution in [3.63, 3.8) is 0 Å². The average molecular weight is 456 g/mol. The highest BCUT2D eigenvalue weighted by atomic mass is 79.9. The van der Waals surface area contributed by atoms with Gasteiger partial charge >= 0.3 is 0 Å². The summed E-state index contributed by atoms with van der Waals surface area (Å²) in [6, 6.07) is 7.98. The summed E-state index contributed by atoms with van der Waals surface area (Å²) in [4.78, 5) is 1.25. The summed E-state index contributed by atoms with van der Waals surface area (Å²) < 4.78 is 8.44. The van der Waals surface area contributed by atoms with Gasteiger partial charge in [0, 0.05) is 26.4 Å². The van der Waals surface area contributed by atoms with Gasteiger partial charge in [-0.2, -0.15) is 0 Å². The smallest absolute Gasteiger partial charge is 0.121 e. The number of nitrogens with one attached hydrogen (secondary N) is 1. The lowest BCUT2D eigenvalue weighted by atomic mass is 10.3. The molecule has 96 valence electrons. The molecule has 0 fully saturated rings. The van der Waals surface area contributed by atoms with Gasteiger partial charge in [-0.1, -0.05) is 0 Å². The van der Waals surface area contributed by atoms with Gasteiger partial charge in [0.1, 0.15) is 5.75 Å². The Morgan fingerprint density at radius 2 is 1.94 bits per heavy atom. The van der Waals surface area contributed by atoms with Gasteiger partial charge in [-0.15, -0.1) is 11.3 Å². The van der Waals surface area contributed by atoms with Gasteiger partial charge in [0.05, 0.1) is 16.6 Å². The Morgan fingerprint density at radius 3 is 2.56 bits per heavy atom. The number of rotatable bonds is 4. The zero-order valence-electron chi connectivity index (χ0n) is 9.47. The largest absolute Gasteiger partial charge is 0.497 e. The van der Waals surface area contributed by atoms with E-state index in [1.807, 2.05) is 18.2 Å². The monoisotopic (exact) mass is 453 g/mol. The maximum absolute atomic E-state index is 5.21. The van der Waals surface area contributed by atoms with Crippen LogP contribution in [0.1, 0.15) is 4.88 Å². The van der Waals surface area contributed by atoms with Crippen LogP contribution in [0.3, 0.4) is 0 Å². The van der Waals surface area contributed by atoms with E-state index in [0.717, 1.165) is 30.7 Å². The van der Waals surface area contributed by atoms with Gasteiger partial charge in [0.25, 0.3) is 0 Å². The van der Waals surface area contributed by atoms with Gasteiger partial charge in [0.15, 0.2) is 0 Å². The van der Waals surface area contributed by atoms with Crippen LogP contribution in [-0.4, -0.2) is 7.11 Å². The first-order chi connectivity index (χ1) is 8.60. The maximum Gasteiger partial charge on any atom is 0.121 e. The van der Waals surface area contributed by atoms with Crippen LogP contribution in [0.25, 0.3) is 0 Å². The van der Waals surface area contributed by atoms with Crippen LogP contribution in [0.5, 0.6) is 5.75 Å².